The van der Waals surface area contributed by atoms with Gasteiger partial charge in [-0.05, 0) is 24.8 Å². The summed E-state index contributed by atoms with van der Waals surface area (Å²) in [4.78, 5) is 11.5. The van der Waals surface area contributed by atoms with Crippen LogP contribution in [0.4, 0.5) is 0 Å². The molecular formula is C12H14O. The first-order valence-electron chi connectivity index (χ1n) is 4.74. The van der Waals surface area contributed by atoms with Crippen molar-refractivity contribution in [2.24, 2.45) is 5.92 Å². The van der Waals surface area contributed by atoms with E-state index in [1.165, 1.54) is 5.56 Å². The number of Topliss-reactive ketones (excluding diaryl/α,β-unsaturated/α-hetero) is 1. The molecule has 0 heterocycles. The SMILES string of the molecule is CC(=O)C1(c2ccccc2)CC1C. The van der Waals surface area contributed by atoms with E-state index in [1.54, 1.807) is 6.92 Å². The molecule has 0 aromatic heterocycles. The quantitative estimate of drug-likeness (QED) is 0.673. The summed E-state index contributed by atoms with van der Waals surface area (Å²) >= 11 is 0. The van der Waals surface area contributed by atoms with Crippen molar-refractivity contribution in [2.75, 3.05) is 0 Å². The molecule has 13 heavy (non-hydrogen) atoms. The molecule has 1 aromatic carbocycles. The zero-order chi connectivity index (χ0) is 9.47. The Morgan fingerprint density at radius 1 is 1.38 bits per heavy atom. The molecule has 68 valence electrons. The standard InChI is InChI=1S/C12H14O/c1-9-8-12(9,10(2)13)11-6-4-3-5-7-11/h3-7,9H,8H2,1-2H3. The second-order valence-electron chi connectivity index (χ2n) is 4.00. The van der Waals surface area contributed by atoms with Crippen molar-refractivity contribution in [1.82, 2.24) is 0 Å². The summed E-state index contributed by atoms with van der Waals surface area (Å²) in [7, 11) is 0. The van der Waals surface area contributed by atoms with Crippen molar-refractivity contribution in [2.45, 2.75) is 25.7 Å². The van der Waals surface area contributed by atoms with E-state index in [9.17, 15) is 4.79 Å². The van der Waals surface area contributed by atoms with Crippen LogP contribution in [0.2, 0.25) is 0 Å². The summed E-state index contributed by atoms with van der Waals surface area (Å²) < 4.78 is 0. The normalized spacial score (nSPS) is 31.4. The summed E-state index contributed by atoms with van der Waals surface area (Å²) in [5.41, 5.74) is 1.05. The van der Waals surface area contributed by atoms with E-state index in [4.69, 9.17) is 0 Å². The van der Waals surface area contributed by atoms with Crippen LogP contribution < -0.4 is 0 Å². The molecule has 1 aliphatic rings. The maximum absolute atomic E-state index is 11.5. The van der Waals surface area contributed by atoms with Gasteiger partial charge in [-0.2, -0.15) is 0 Å². The summed E-state index contributed by atoms with van der Waals surface area (Å²) in [6.45, 7) is 3.85. The largest absolute Gasteiger partial charge is 0.299 e. The van der Waals surface area contributed by atoms with Crippen molar-refractivity contribution in [3.63, 3.8) is 0 Å². The van der Waals surface area contributed by atoms with Gasteiger partial charge in [0.1, 0.15) is 5.78 Å². The molecule has 0 spiro atoms. The van der Waals surface area contributed by atoms with Gasteiger partial charge in [-0.25, -0.2) is 0 Å². The van der Waals surface area contributed by atoms with Gasteiger partial charge in [0.15, 0.2) is 0 Å². The van der Waals surface area contributed by atoms with Crippen LogP contribution in [-0.2, 0) is 10.2 Å². The van der Waals surface area contributed by atoms with Gasteiger partial charge >= 0.3 is 0 Å². The fourth-order valence-electron chi connectivity index (χ4n) is 2.26. The average Bonchev–Trinajstić information content (AvgIpc) is 2.80. The molecule has 2 unspecified atom stereocenters. The highest BCUT2D eigenvalue weighted by Gasteiger charge is 2.55. The highest BCUT2D eigenvalue weighted by molar-refractivity contribution is 5.91. The van der Waals surface area contributed by atoms with Crippen LogP contribution in [0.5, 0.6) is 0 Å². The first-order chi connectivity index (χ1) is 6.18. The number of benzene rings is 1. The Bertz CT molecular complexity index is 328. The third-order valence-corrected chi connectivity index (χ3v) is 3.23. The lowest BCUT2D eigenvalue weighted by molar-refractivity contribution is -0.119. The molecule has 0 amide bonds. The van der Waals surface area contributed by atoms with Gasteiger partial charge in [0, 0.05) is 0 Å². The molecular weight excluding hydrogens is 160 g/mol. The Morgan fingerprint density at radius 3 is 2.31 bits per heavy atom. The van der Waals surface area contributed by atoms with E-state index in [0.29, 0.717) is 11.7 Å². The lowest BCUT2D eigenvalue weighted by Gasteiger charge is -2.12. The van der Waals surface area contributed by atoms with Gasteiger partial charge in [0.25, 0.3) is 0 Å². The van der Waals surface area contributed by atoms with Crippen LogP contribution in [0.1, 0.15) is 25.8 Å². The first-order valence-corrected chi connectivity index (χ1v) is 4.74. The predicted octanol–water partition coefficient (Wildman–Crippen LogP) is 2.55. The second-order valence-corrected chi connectivity index (χ2v) is 4.00. The zero-order valence-corrected chi connectivity index (χ0v) is 8.08. The molecule has 2 atom stereocenters. The van der Waals surface area contributed by atoms with Crippen molar-refractivity contribution in [3.05, 3.63) is 35.9 Å². The molecule has 0 aliphatic heterocycles. The van der Waals surface area contributed by atoms with Crippen molar-refractivity contribution in [1.29, 1.82) is 0 Å². The Labute approximate surface area is 78.8 Å². The maximum Gasteiger partial charge on any atom is 0.140 e. The van der Waals surface area contributed by atoms with E-state index >= 15 is 0 Å². The van der Waals surface area contributed by atoms with Crippen LogP contribution in [0.3, 0.4) is 0 Å². The number of ketones is 1. The molecule has 1 nitrogen and oxygen atoms in total. The Morgan fingerprint density at radius 2 is 1.92 bits per heavy atom. The molecule has 0 bridgehead atoms. The topological polar surface area (TPSA) is 17.1 Å². The van der Waals surface area contributed by atoms with Gasteiger partial charge in [0.05, 0.1) is 5.41 Å². The van der Waals surface area contributed by atoms with Crippen LogP contribution in [0.25, 0.3) is 0 Å². The minimum Gasteiger partial charge on any atom is -0.299 e. The molecule has 1 aromatic rings. The summed E-state index contributed by atoms with van der Waals surface area (Å²) in [6.07, 6.45) is 1.02. The zero-order valence-electron chi connectivity index (χ0n) is 8.08. The van der Waals surface area contributed by atoms with Crippen molar-refractivity contribution < 1.29 is 4.79 Å². The van der Waals surface area contributed by atoms with Gasteiger partial charge < -0.3 is 0 Å². The minimum absolute atomic E-state index is 0.138. The Balaban J connectivity index is 2.40. The smallest absolute Gasteiger partial charge is 0.140 e. The molecule has 0 N–H and O–H groups in total. The summed E-state index contributed by atoms with van der Waals surface area (Å²) in [5, 5.41) is 0. The van der Waals surface area contributed by atoms with Gasteiger partial charge in [-0.3, -0.25) is 4.79 Å². The van der Waals surface area contributed by atoms with E-state index in [-0.39, 0.29) is 5.41 Å². The fourth-order valence-corrected chi connectivity index (χ4v) is 2.26. The number of carbonyl (C=O) groups is 1. The van der Waals surface area contributed by atoms with Crippen LogP contribution >= 0.6 is 0 Å². The van der Waals surface area contributed by atoms with Crippen LogP contribution in [0.15, 0.2) is 30.3 Å². The van der Waals surface area contributed by atoms with Gasteiger partial charge in [0.2, 0.25) is 0 Å². The Hall–Kier alpha value is -1.11. The third kappa shape index (κ3) is 1.11. The second kappa shape index (κ2) is 2.69. The van der Waals surface area contributed by atoms with Gasteiger partial charge in [-0.15, -0.1) is 0 Å². The lowest BCUT2D eigenvalue weighted by atomic mass is 9.90. The molecule has 1 fully saturated rings. The molecule has 1 saturated carbocycles. The van der Waals surface area contributed by atoms with Crippen molar-refractivity contribution >= 4 is 5.78 Å². The van der Waals surface area contributed by atoms with E-state index in [1.807, 2.05) is 18.2 Å². The van der Waals surface area contributed by atoms with E-state index < -0.39 is 0 Å². The number of hydrogen-bond donors (Lipinski definition) is 0. The Kier molecular flexibility index (Phi) is 1.76. The third-order valence-electron chi connectivity index (χ3n) is 3.23. The fraction of sp³-hybridized carbons (Fsp3) is 0.417. The number of carbonyl (C=O) groups excluding carboxylic acids is 1. The molecule has 0 saturated heterocycles. The van der Waals surface area contributed by atoms with E-state index in [2.05, 4.69) is 19.1 Å². The molecule has 1 aliphatic carbocycles. The predicted molar refractivity (Wildman–Crippen MR) is 52.6 cm³/mol. The first kappa shape index (κ1) is 8.49. The van der Waals surface area contributed by atoms with Crippen LogP contribution in [0, 0.1) is 5.92 Å². The monoisotopic (exact) mass is 174 g/mol. The minimum atomic E-state index is -0.138. The van der Waals surface area contributed by atoms with Crippen molar-refractivity contribution in [3.8, 4) is 0 Å². The molecule has 2 rings (SSSR count). The molecule has 0 radical (unpaired) electrons. The maximum atomic E-state index is 11.5. The number of hydrogen-bond acceptors (Lipinski definition) is 1. The van der Waals surface area contributed by atoms with Crippen LogP contribution in [-0.4, -0.2) is 5.78 Å². The summed E-state index contributed by atoms with van der Waals surface area (Å²) in [6, 6.07) is 10.1. The van der Waals surface area contributed by atoms with Gasteiger partial charge in [-0.1, -0.05) is 37.3 Å². The lowest BCUT2D eigenvalue weighted by Crippen LogP contribution is -2.19. The van der Waals surface area contributed by atoms with E-state index in [0.717, 1.165) is 6.42 Å². The highest BCUT2D eigenvalue weighted by Crippen LogP contribution is 2.54. The average molecular weight is 174 g/mol. The number of rotatable bonds is 2. The summed E-state index contributed by atoms with van der Waals surface area (Å²) in [5.74, 6) is 0.832. The molecule has 1 heteroatoms. The highest BCUT2D eigenvalue weighted by atomic mass is 16.1.